The summed E-state index contributed by atoms with van der Waals surface area (Å²) < 4.78 is 0. The third-order valence-corrected chi connectivity index (χ3v) is 1.71. The topological polar surface area (TPSA) is 193 Å². The van der Waals surface area contributed by atoms with Crippen LogP contribution in [0, 0.1) is 0 Å². The van der Waals surface area contributed by atoms with Gasteiger partial charge in [0.2, 0.25) is 0 Å². The van der Waals surface area contributed by atoms with Crippen LogP contribution in [-0.2, 0) is 14.4 Å². The molecule has 0 unspecified atom stereocenters. The van der Waals surface area contributed by atoms with E-state index in [-0.39, 0.29) is 37.2 Å². The van der Waals surface area contributed by atoms with Gasteiger partial charge in [0, 0.05) is 0 Å². The molecule has 120 valence electrons. The van der Waals surface area contributed by atoms with Gasteiger partial charge in [-0.15, -0.1) is 24.0 Å². The summed E-state index contributed by atoms with van der Waals surface area (Å²) in [6, 6.07) is 0. The summed E-state index contributed by atoms with van der Waals surface area (Å²) in [4.78, 5) is 30.5. The molecule has 0 aliphatic rings. The van der Waals surface area contributed by atoms with Crippen molar-refractivity contribution in [2.24, 2.45) is 0 Å². The Kier molecular flexibility index (Phi) is 14.1. The van der Waals surface area contributed by atoms with E-state index in [2.05, 4.69) is 0 Å². The fourth-order valence-corrected chi connectivity index (χ4v) is 0.772. The summed E-state index contributed by atoms with van der Waals surface area (Å²) in [5, 5.41) is 57.8. The lowest BCUT2D eigenvalue weighted by atomic mass is 9.96. The molecule has 7 N–H and O–H groups in total. The Morgan fingerprint density at radius 1 is 0.900 bits per heavy atom. The zero-order valence-electron chi connectivity index (χ0n) is 10.2. The number of halogens is 1. The lowest BCUT2D eigenvalue weighted by Crippen LogP contribution is -2.42. The van der Waals surface area contributed by atoms with Crippen molar-refractivity contribution in [2.45, 2.75) is 24.5 Å². The largest absolute Gasteiger partial charge is 0.481 e. The molecule has 0 rings (SSSR count). The van der Waals surface area contributed by atoms with Gasteiger partial charge in [0.1, 0.15) is 6.10 Å². The molecule has 0 aromatic rings. The molecule has 0 amide bonds. The molecular formula is C9H17IO10. The number of rotatable bonds is 7. The van der Waals surface area contributed by atoms with Crippen LogP contribution in [0.3, 0.4) is 0 Å². The van der Waals surface area contributed by atoms with Crippen LogP contribution in [-0.4, -0.2) is 78.6 Å². The number of hydrogen-bond acceptors (Lipinski definition) is 7. The van der Waals surface area contributed by atoms with Gasteiger partial charge in [-0.2, -0.15) is 0 Å². The Hall–Kier alpha value is -1.02. The van der Waals surface area contributed by atoms with Crippen molar-refractivity contribution in [2.75, 3.05) is 13.2 Å². The van der Waals surface area contributed by atoms with E-state index in [1.54, 1.807) is 0 Å². The Labute approximate surface area is 130 Å². The lowest BCUT2D eigenvalue weighted by molar-refractivity contribution is -0.170. The first kappa shape index (κ1) is 24.0. The molecule has 0 aromatic carbocycles. The molecule has 0 saturated carbocycles. The second kappa shape index (κ2) is 11.8. The third kappa shape index (κ3) is 12.0. The maximum Gasteiger partial charge on any atom is 0.336 e. The van der Waals surface area contributed by atoms with Crippen molar-refractivity contribution < 1.29 is 50.1 Å². The van der Waals surface area contributed by atoms with Gasteiger partial charge in [0.25, 0.3) is 0 Å². The third-order valence-electron chi connectivity index (χ3n) is 1.71. The highest BCUT2D eigenvalue weighted by Gasteiger charge is 2.40. The zero-order chi connectivity index (χ0) is 15.6. The smallest absolute Gasteiger partial charge is 0.336 e. The fourth-order valence-electron chi connectivity index (χ4n) is 0.772. The molecule has 0 bridgehead atoms. The summed E-state index contributed by atoms with van der Waals surface area (Å²) in [6.07, 6.45) is -3.24. The van der Waals surface area contributed by atoms with Crippen LogP contribution in [0.5, 0.6) is 0 Å². The van der Waals surface area contributed by atoms with Gasteiger partial charge in [0.15, 0.2) is 5.60 Å². The molecule has 10 nitrogen and oxygen atoms in total. The van der Waals surface area contributed by atoms with Gasteiger partial charge in [-0.3, -0.25) is 9.59 Å². The molecule has 0 aromatic heterocycles. The van der Waals surface area contributed by atoms with Crippen molar-refractivity contribution in [1.82, 2.24) is 0 Å². The van der Waals surface area contributed by atoms with E-state index in [9.17, 15) is 14.4 Å². The van der Waals surface area contributed by atoms with E-state index in [0.717, 1.165) is 0 Å². The van der Waals surface area contributed by atoms with Crippen molar-refractivity contribution in [3.63, 3.8) is 0 Å². The number of carboxylic acid groups (broad SMARTS) is 3. The molecule has 0 aliphatic carbocycles. The van der Waals surface area contributed by atoms with E-state index in [1.165, 1.54) is 0 Å². The van der Waals surface area contributed by atoms with E-state index in [1.807, 2.05) is 0 Å². The second-order valence-electron chi connectivity index (χ2n) is 3.50. The summed E-state index contributed by atoms with van der Waals surface area (Å²) >= 11 is 0. The van der Waals surface area contributed by atoms with Crippen molar-refractivity contribution >= 4 is 41.9 Å². The quantitative estimate of drug-likeness (QED) is 0.224. The molecule has 11 heteroatoms. The number of carbonyl (C=O) groups is 3. The minimum atomic E-state index is -2.74. The first-order chi connectivity index (χ1) is 8.58. The van der Waals surface area contributed by atoms with Crippen LogP contribution in [0.15, 0.2) is 0 Å². The zero-order valence-corrected chi connectivity index (χ0v) is 12.5. The van der Waals surface area contributed by atoms with Crippen molar-refractivity contribution in [1.29, 1.82) is 0 Å². The monoisotopic (exact) mass is 412 g/mol. The van der Waals surface area contributed by atoms with E-state index >= 15 is 0 Å². The van der Waals surface area contributed by atoms with Gasteiger partial charge in [-0.1, -0.05) is 0 Å². The normalized spacial score (nSPS) is 10.1. The number of aliphatic hydroxyl groups excluding tert-OH is 3. The maximum atomic E-state index is 10.3. The standard InChI is InChI=1S/C6H8O7.C3H8O3.HI/c7-3(8)1-6(13,5(11)12)2-4(9)10;4-1-3(6)2-5;/h13H,1-2H2,(H,7,8)(H,9,10)(H,11,12);3-6H,1-2H2;1H. The van der Waals surface area contributed by atoms with Crippen molar-refractivity contribution in [3.8, 4) is 0 Å². The molecular weight excluding hydrogens is 395 g/mol. The highest BCUT2D eigenvalue weighted by atomic mass is 127. The summed E-state index contributed by atoms with van der Waals surface area (Å²) in [5.41, 5.74) is -2.74. The molecule has 0 atom stereocenters. The minimum Gasteiger partial charge on any atom is -0.481 e. The molecule has 0 spiro atoms. The predicted octanol–water partition coefficient (Wildman–Crippen LogP) is -2.30. The number of aliphatic hydroxyl groups is 4. The Balaban J connectivity index is -0.000000352. The molecule has 0 aliphatic heterocycles. The van der Waals surface area contributed by atoms with Crippen LogP contribution in [0.4, 0.5) is 0 Å². The van der Waals surface area contributed by atoms with Gasteiger partial charge in [0.05, 0.1) is 26.1 Å². The molecule has 0 fully saturated rings. The van der Waals surface area contributed by atoms with E-state index in [0.29, 0.717) is 0 Å². The summed E-state index contributed by atoms with van der Waals surface area (Å²) in [5.74, 6) is -5.02. The van der Waals surface area contributed by atoms with Gasteiger partial charge in [-0.25, -0.2) is 4.79 Å². The summed E-state index contributed by atoms with van der Waals surface area (Å²) in [6.45, 7) is -0.729. The van der Waals surface area contributed by atoms with Crippen LogP contribution in [0.2, 0.25) is 0 Å². The molecule has 0 heterocycles. The lowest BCUT2D eigenvalue weighted by Gasteiger charge is -2.18. The first-order valence-corrected chi connectivity index (χ1v) is 4.88. The van der Waals surface area contributed by atoms with Crippen LogP contribution < -0.4 is 0 Å². The fraction of sp³-hybridized carbons (Fsp3) is 0.667. The first-order valence-electron chi connectivity index (χ1n) is 4.88. The average Bonchev–Trinajstić information content (AvgIpc) is 2.26. The SMILES string of the molecule is I.O=C(O)CC(O)(CC(=O)O)C(=O)O.OCC(O)CO. The second-order valence-corrected chi connectivity index (χ2v) is 3.50. The molecule has 0 radical (unpaired) electrons. The van der Waals surface area contributed by atoms with E-state index in [4.69, 9.17) is 35.7 Å². The highest BCUT2D eigenvalue weighted by molar-refractivity contribution is 14.0. The molecule has 20 heavy (non-hydrogen) atoms. The highest BCUT2D eigenvalue weighted by Crippen LogP contribution is 2.15. The van der Waals surface area contributed by atoms with Gasteiger partial charge in [-0.05, 0) is 0 Å². The predicted molar refractivity (Wildman–Crippen MR) is 72.7 cm³/mol. The summed E-state index contributed by atoms with van der Waals surface area (Å²) in [7, 11) is 0. The van der Waals surface area contributed by atoms with Gasteiger partial charge < -0.3 is 35.7 Å². The van der Waals surface area contributed by atoms with Crippen LogP contribution >= 0.6 is 24.0 Å². The Morgan fingerprint density at radius 2 is 1.20 bits per heavy atom. The number of carboxylic acids is 3. The Morgan fingerprint density at radius 3 is 1.30 bits per heavy atom. The van der Waals surface area contributed by atoms with E-state index < -0.39 is 42.5 Å². The number of hydrogen-bond donors (Lipinski definition) is 7. The van der Waals surface area contributed by atoms with Gasteiger partial charge >= 0.3 is 17.9 Å². The molecule has 0 saturated heterocycles. The Bertz CT molecular complexity index is 298. The van der Waals surface area contributed by atoms with Crippen molar-refractivity contribution in [3.05, 3.63) is 0 Å². The van der Waals surface area contributed by atoms with Crippen LogP contribution in [0.1, 0.15) is 12.8 Å². The number of aliphatic carboxylic acids is 3. The van der Waals surface area contributed by atoms with Crippen LogP contribution in [0.25, 0.3) is 0 Å². The maximum absolute atomic E-state index is 10.3. The minimum absolute atomic E-state index is 0. The average molecular weight is 412 g/mol.